The zero-order chi connectivity index (χ0) is 24.4. The fraction of sp³-hybridized carbons (Fsp3) is 0.731. The summed E-state index contributed by atoms with van der Waals surface area (Å²) in [5.41, 5.74) is 9.01. The van der Waals surface area contributed by atoms with E-state index in [1.165, 1.54) is 0 Å². The lowest BCUT2D eigenvalue weighted by Crippen LogP contribution is -2.46. The van der Waals surface area contributed by atoms with Gasteiger partial charge in [-0.3, -0.25) is 4.79 Å². The number of aryl methyl sites for hydroxylation is 1. The maximum Gasteiger partial charge on any atom is 0.226 e. The summed E-state index contributed by atoms with van der Waals surface area (Å²) in [6.45, 7) is 10.8. The van der Waals surface area contributed by atoms with E-state index < -0.39 is 0 Å². The molecule has 188 valence electrons. The average Bonchev–Trinajstić information content (AvgIpc) is 3.46. The predicted molar refractivity (Wildman–Crippen MR) is 138 cm³/mol. The summed E-state index contributed by atoms with van der Waals surface area (Å²) in [5, 5.41) is 4.98. The number of nitrogens with zero attached hydrogens (tertiary/aromatic N) is 5. The molecule has 34 heavy (non-hydrogen) atoms. The van der Waals surface area contributed by atoms with Crippen LogP contribution in [0.5, 0.6) is 0 Å². The van der Waals surface area contributed by atoms with Gasteiger partial charge in [0.15, 0.2) is 5.65 Å². The van der Waals surface area contributed by atoms with E-state index in [9.17, 15) is 4.79 Å². The van der Waals surface area contributed by atoms with Gasteiger partial charge in [-0.2, -0.15) is 5.10 Å². The van der Waals surface area contributed by atoms with Crippen molar-refractivity contribution in [3.8, 4) is 0 Å². The van der Waals surface area contributed by atoms with Crippen LogP contribution in [0.3, 0.4) is 0 Å². The zero-order valence-electron chi connectivity index (χ0n) is 21.2. The van der Waals surface area contributed by atoms with Gasteiger partial charge in [-0.1, -0.05) is 27.2 Å². The van der Waals surface area contributed by atoms with Crippen molar-refractivity contribution in [2.75, 3.05) is 24.5 Å². The average molecular weight is 489 g/mol. The van der Waals surface area contributed by atoms with Crippen LogP contribution in [-0.2, 0) is 4.79 Å². The van der Waals surface area contributed by atoms with Gasteiger partial charge >= 0.3 is 0 Å². The van der Waals surface area contributed by atoms with Crippen molar-refractivity contribution in [1.29, 1.82) is 0 Å². The Morgan fingerprint density at radius 1 is 1.12 bits per heavy atom. The maximum absolute atomic E-state index is 13.6. The molecule has 3 fully saturated rings. The van der Waals surface area contributed by atoms with E-state index in [0.717, 1.165) is 87.3 Å². The van der Waals surface area contributed by atoms with Gasteiger partial charge in [0, 0.05) is 54.8 Å². The van der Waals surface area contributed by atoms with E-state index in [2.05, 4.69) is 35.9 Å². The van der Waals surface area contributed by atoms with Crippen LogP contribution < -0.4 is 10.6 Å². The minimum Gasteiger partial charge on any atom is -0.355 e. The van der Waals surface area contributed by atoms with Crippen LogP contribution in [0, 0.1) is 18.8 Å². The molecule has 3 aliphatic rings. The van der Waals surface area contributed by atoms with Gasteiger partial charge in [-0.15, -0.1) is 11.6 Å². The Morgan fingerprint density at radius 3 is 2.65 bits per heavy atom. The number of rotatable bonds is 3. The maximum atomic E-state index is 13.6. The van der Waals surface area contributed by atoms with Gasteiger partial charge in [-0.25, -0.2) is 9.50 Å². The van der Waals surface area contributed by atoms with Crippen LogP contribution in [0.15, 0.2) is 12.3 Å². The Kier molecular flexibility index (Phi) is 8.03. The number of hydrogen-bond acceptors (Lipinski definition) is 5. The molecule has 2 aromatic heterocycles. The summed E-state index contributed by atoms with van der Waals surface area (Å²) in [7, 11) is 0. The Morgan fingerprint density at radius 2 is 1.91 bits per heavy atom. The van der Waals surface area contributed by atoms with E-state index in [1.807, 2.05) is 18.4 Å². The van der Waals surface area contributed by atoms with Crippen LogP contribution >= 0.6 is 11.6 Å². The number of alkyl halides is 1. The second kappa shape index (κ2) is 10.8. The first kappa shape index (κ1) is 25.2. The third-order valence-corrected chi connectivity index (χ3v) is 8.41. The Bertz CT molecular complexity index is 993. The summed E-state index contributed by atoms with van der Waals surface area (Å²) in [4.78, 5) is 22.9. The minimum absolute atomic E-state index is 0.0183. The van der Waals surface area contributed by atoms with E-state index in [-0.39, 0.29) is 35.2 Å². The number of carbonyl (C=O) groups excluding carboxylic acids is 1. The molecule has 8 heteroatoms. The van der Waals surface area contributed by atoms with Crippen molar-refractivity contribution in [2.45, 2.75) is 90.1 Å². The van der Waals surface area contributed by atoms with Gasteiger partial charge in [0.25, 0.3) is 0 Å². The van der Waals surface area contributed by atoms with Crippen molar-refractivity contribution in [3.05, 3.63) is 23.5 Å². The molecule has 1 saturated carbocycles. The molecule has 5 unspecified atom stereocenters. The number of piperidine rings is 1. The lowest BCUT2D eigenvalue weighted by molar-refractivity contribution is -0.142. The smallest absolute Gasteiger partial charge is 0.226 e. The van der Waals surface area contributed by atoms with Crippen molar-refractivity contribution in [2.24, 2.45) is 17.6 Å². The van der Waals surface area contributed by atoms with Gasteiger partial charge in [0.1, 0.15) is 5.82 Å². The van der Waals surface area contributed by atoms with Crippen LogP contribution in [-0.4, -0.2) is 56.5 Å². The number of halogens is 1. The number of carbonyl (C=O) groups is 1. The molecule has 7 nitrogen and oxygen atoms in total. The topological polar surface area (TPSA) is 79.8 Å². The van der Waals surface area contributed by atoms with Crippen molar-refractivity contribution < 1.29 is 4.79 Å². The number of amides is 1. The first-order valence-corrected chi connectivity index (χ1v) is 13.7. The number of hydrogen-bond donors (Lipinski definition) is 1. The van der Waals surface area contributed by atoms with Gasteiger partial charge in [-0.05, 0) is 51.4 Å². The summed E-state index contributed by atoms with van der Waals surface area (Å²) < 4.78 is 1.87. The lowest BCUT2D eigenvalue weighted by atomic mass is 9.78. The number of anilines is 1. The SMILES string of the molecule is CC.Cc1cn2nc(C3CCCCN3C(=O)C3CCCC(Cl)C3C)cc2nc1N1CCC(N)C1. The molecule has 5 rings (SSSR count). The van der Waals surface area contributed by atoms with Crippen LogP contribution in [0.1, 0.15) is 83.0 Å². The molecule has 2 N–H and O–H groups in total. The van der Waals surface area contributed by atoms with Gasteiger partial charge in [0.2, 0.25) is 5.91 Å². The molecule has 2 aliphatic heterocycles. The van der Waals surface area contributed by atoms with E-state index in [4.69, 9.17) is 27.4 Å². The number of nitrogens with two attached hydrogens (primary N) is 1. The van der Waals surface area contributed by atoms with Crippen LogP contribution in [0.25, 0.3) is 5.65 Å². The van der Waals surface area contributed by atoms with E-state index >= 15 is 0 Å². The molecular formula is C26H41ClN6O. The highest BCUT2D eigenvalue weighted by atomic mass is 35.5. The third kappa shape index (κ3) is 4.92. The number of aromatic nitrogens is 3. The first-order chi connectivity index (χ1) is 16.4. The summed E-state index contributed by atoms with van der Waals surface area (Å²) in [5.74, 6) is 1.51. The highest BCUT2D eigenvalue weighted by molar-refractivity contribution is 6.21. The molecule has 0 bridgehead atoms. The van der Waals surface area contributed by atoms with Gasteiger partial charge in [0.05, 0.1) is 11.7 Å². The van der Waals surface area contributed by atoms with E-state index in [0.29, 0.717) is 0 Å². The molecule has 2 aromatic rings. The molecule has 1 amide bonds. The normalized spacial score (nSPS) is 29.8. The Labute approximate surface area is 209 Å². The van der Waals surface area contributed by atoms with Gasteiger partial charge < -0.3 is 15.5 Å². The fourth-order valence-corrected chi connectivity index (χ4v) is 6.19. The monoisotopic (exact) mass is 488 g/mol. The molecule has 1 aliphatic carbocycles. The highest BCUT2D eigenvalue weighted by Crippen LogP contribution is 2.38. The number of fused-ring (bicyclic) bond motifs is 1. The standard InChI is InChI=1S/C24H35ClN6O.C2H6/c1-15-13-31-22(27-23(15)29-11-9-17(26)14-29)12-20(28-31)21-8-3-4-10-30(21)24(32)18-6-5-7-19(25)16(18)2;1-2/h12-13,16-19,21H,3-11,14,26H2,1-2H3;1-2H3. The molecule has 0 radical (unpaired) electrons. The van der Waals surface area contributed by atoms with Crippen LogP contribution in [0.2, 0.25) is 0 Å². The molecular weight excluding hydrogens is 448 g/mol. The highest BCUT2D eigenvalue weighted by Gasteiger charge is 2.39. The quantitative estimate of drug-likeness (QED) is 0.633. The second-order valence-corrected chi connectivity index (χ2v) is 10.6. The fourth-order valence-electron chi connectivity index (χ4n) is 5.86. The second-order valence-electron chi connectivity index (χ2n) is 10.1. The molecule has 4 heterocycles. The molecule has 0 spiro atoms. The predicted octanol–water partition coefficient (Wildman–Crippen LogP) is 4.70. The van der Waals surface area contributed by atoms with Crippen molar-refractivity contribution in [1.82, 2.24) is 19.5 Å². The molecule has 2 saturated heterocycles. The Hall–Kier alpha value is -1.86. The Balaban J connectivity index is 0.00000133. The van der Waals surface area contributed by atoms with Crippen LogP contribution in [0.4, 0.5) is 5.82 Å². The van der Waals surface area contributed by atoms with E-state index in [1.54, 1.807) is 0 Å². The minimum atomic E-state index is 0.0183. The molecule has 5 atom stereocenters. The first-order valence-electron chi connectivity index (χ1n) is 13.2. The number of likely N-dealkylation sites (tertiary alicyclic amines) is 1. The summed E-state index contributed by atoms with van der Waals surface area (Å²) in [6.07, 6.45) is 9.17. The third-order valence-electron chi connectivity index (χ3n) is 7.79. The lowest BCUT2D eigenvalue weighted by Gasteiger charge is -2.40. The summed E-state index contributed by atoms with van der Waals surface area (Å²) >= 11 is 6.54. The van der Waals surface area contributed by atoms with Crippen molar-refractivity contribution >= 4 is 29.0 Å². The van der Waals surface area contributed by atoms with Crippen molar-refractivity contribution in [3.63, 3.8) is 0 Å². The summed E-state index contributed by atoms with van der Waals surface area (Å²) in [6, 6.07) is 2.30. The zero-order valence-corrected chi connectivity index (χ0v) is 22.0. The largest absolute Gasteiger partial charge is 0.355 e. The molecule has 0 aromatic carbocycles.